The van der Waals surface area contributed by atoms with Crippen LogP contribution in [0.25, 0.3) is 10.9 Å². The molecule has 3 aromatic rings. The van der Waals surface area contributed by atoms with Gasteiger partial charge in [0.15, 0.2) is 6.10 Å². The van der Waals surface area contributed by atoms with Gasteiger partial charge in [-0.3, -0.25) is 14.2 Å². The fraction of sp³-hybridized carbons (Fsp3) is 0.333. The average Bonchev–Trinajstić information content (AvgIpc) is 3.41. The molecule has 2 aromatic carbocycles. The van der Waals surface area contributed by atoms with E-state index in [2.05, 4.69) is 4.98 Å². The van der Waals surface area contributed by atoms with Gasteiger partial charge in [0.05, 0.1) is 16.5 Å². The van der Waals surface area contributed by atoms with E-state index in [-0.39, 0.29) is 16.9 Å². The minimum absolute atomic E-state index is 0.0763. The first-order chi connectivity index (χ1) is 14.5. The van der Waals surface area contributed by atoms with E-state index < -0.39 is 12.1 Å². The molecule has 0 amide bonds. The molecule has 1 atom stereocenters. The van der Waals surface area contributed by atoms with Crippen LogP contribution in [0.15, 0.2) is 41.2 Å². The van der Waals surface area contributed by atoms with Crippen LogP contribution in [0.2, 0.25) is 0 Å². The van der Waals surface area contributed by atoms with Gasteiger partial charge in [-0.05, 0) is 68.0 Å². The summed E-state index contributed by atoms with van der Waals surface area (Å²) >= 11 is 0. The molecule has 1 aromatic heterocycles. The van der Waals surface area contributed by atoms with E-state index in [9.17, 15) is 14.4 Å². The van der Waals surface area contributed by atoms with Crippen LogP contribution in [0.5, 0.6) is 0 Å². The van der Waals surface area contributed by atoms with E-state index in [1.807, 2.05) is 18.2 Å². The molecule has 2 aliphatic rings. The molecule has 0 saturated heterocycles. The van der Waals surface area contributed by atoms with Crippen LogP contribution in [-0.2, 0) is 30.5 Å². The van der Waals surface area contributed by atoms with Gasteiger partial charge in [0, 0.05) is 18.5 Å². The van der Waals surface area contributed by atoms with E-state index >= 15 is 0 Å². The van der Waals surface area contributed by atoms with Crippen LogP contribution in [0.4, 0.5) is 0 Å². The van der Waals surface area contributed by atoms with Crippen LogP contribution in [0.3, 0.4) is 0 Å². The highest BCUT2D eigenvalue weighted by molar-refractivity contribution is 6.02. The van der Waals surface area contributed by atoms with Gasteiger partial charge in [-0.1, -0.05) is 12.1 Å². The molecule has 0 radical (unpaired) electrons. The number of benzene rings is 2. The topological polar surface area (TPSA) is 78.3 Å². The molecule has 6 nitrogen and oxygen atoms in total. The largest absolute Gasteiger partial charge is 0.451 e. The second-order valence-electron chi connectivity index (χ2n) is 8.07. The van der Waals surface area contributed by atoms with Gasteiger partial charge in [0.25, 0.3) is 5.56 Å². The molecule has 152 valence electrons. The minimum Gasteiger partial charge on any atom is -0.451 e. The number of hydrogen-bond donors (Lipinski definition) is 0. The van der Waals surface area contributed by atoms with E-state index in [4.69, 9.17) is 4.74 Å². The van der Waals surface area contributed by atoms with Crippen LogP contribution < -0.4 is 5.56 Å². The number of esters is 1. The van der Waals surface area contributed by atoms with Crippen molar-refractivity contribution in [1.82, 2.24) is 9.55 Å². The van der Waals surface area contributed by atoms with Crippen molar-refractivity contribution >= 4 is 22.7 Å². The molecule has 0 N–H and O–H groups in total. The van der Waals surface area contributed by atoms with Crippen molar-refractivity contribution < 1.29 is 14.3 Å². The third-order valence-electron chi connectivity index (χ3n) is 6.09. The molecule has 1 aliphatic heterocycles. The first kappa shape index (κ1) is 18.7. The van der Waals surface area contributed by atoms with Gasteiger partial charge < -0.3 is 4.74 Å². The van der Waals surface area contributed by atoms with Crippen molar-refractivity contribution in [2.24, 2.45) is 0 Å². The molecular weight excluding hydrogens is 380 g/mol. The second kappa shape index (κ2) is 7.20. The zero-order valence-electron chi connectivity index (χ0n) is 16.8. The number of carbonyl (C=O) groups excluding carboxylic acids is 2. The van der Waals surface area contributed by atoms with Crippen molar-refractivity contribution in [3.8, 4) is 0 Å². The summed E-state index contributed by atoms with van der Waals surface area (Å²) in [7, 11) is 0. The van der Waals surface area contributed by atoms with Gasteiger partial charge in [0.2, 0.25) is 5.78 Å². The maximum atomic E-state index is 12.8. The number of rotatable bonds is 4. The summed E-state index contributed by atoms with van der Waals surface area (Å²) in [5, 5.41) is 0.486. The highest BCUT2D eigenvalue weighted by atomic mass is 16.5. The highest BCUT2D eigenvalue weighted by Gasteiger charge is 2.23. The van der Waals surface area contributed by atoms with Crippen molar-refractivity contribution in [3.63, 3.8) is 0 Å². The summed E-state index contributed by atoms with van der Waals surface area (Å²) in [5.41, 5.74) is 3.76. The SMILES string of the molecule is C[C@@H](OC(=O)c1ccc2c(=O)n3c(nc2c1)CCC3)C(=O)c1ccc2c(c1)CCC2. The molecule has 0 saturated carbocycles. The molecular formula is C24H22N2O4. The summed E-state index contributed by atoms with van der Waals surface area (Å²) < 4.78 is 7.14. The Labute approximate surface area is 173 Å². The number of ketones is 1. The maximum Gasteiger partial charge on any atom is 0.338 e. The summed E-state index contributed by atoms with van der Waals surface area (Å²) in [6.07, 6.45) is 3.91. The van der Waals surface area contributed by atoms with E-state index in [1.54, 1.807) is 29.7 Å². The predicted octanol–water partition coefficient (Wildman–Crippen LogP) is 3.26. The molecule has 30 heavy (non-hydrogen) atoms. The number of hydrogen-bond acceptors (Lipinski definition) is 5. The fourth-order valence-electron chi connectivity index (χ4n) is 4.45. The van der Waals surface area contributed by atoms with Crippen molar-refractivity contribution in [3.05, 3.63) is 74.8 Å². The summed E-state index contributed by atoms with van der Waals surface area (Å²) in [6, 6.07) is 10.5. The quantitative estimate of drug-likeness (QED) is 0.494. The zero-order valence-corrected chi connectivity index (χ0v) is 16.8. The lowest BCUT2D eigenvalue weighted by molar-refractivity contribution is 0.0319. The second-order valence-corrected chi connectivity index (χ2v) is 8.07. The summed E-state index contributed by atoms with van der Waals surface area (Å²) in [4.78, 5) is 42.5. The Balaban J connectivity index is 1.37. The standard InChI is InChI=1S/C24H22N2O4/c1-14(22(27)17-8-7-15-4-2-5-16(15)12-17)30-24(29)18-9-10-19-20(13-18)25-21-6-3-11-26(21)23(19)28/h7-10,12-14H,2-6,11H2,1H3/t14-/m1/s1. The lowest BCUT2D eigenvalue weighted by atomic mass is 10.0. The Kier molecular flexibility index (Phi) is 4.50. The van der Waals surface area contributed by atoms with Crippen LogP contribution in [0, 0.1) is 0 Å². The van der Waals surface area contributed by atoms with Gasteiger partial charge in [-0.25, -0.2) is 9.78 Å². The molecule has 0 bridgehead atoms. The Morgan fingerprint density at radius 1 is 1.00 bits per heavy atom. The van der Waals surface area contributed by atoms with Crippen LogP contribution in [0.1, 0.15) is 57.4 Å². The number of nitrogens with zero attached hydrogens (tertiary/aromatic N) is 2. The monoisotopic (exact) mass is 402 g/mol. The van der Waals surface area contributed by atoms with E-state index in [0.29, 0.717) is 23.0 Å². The number of Topliss-reactive ketones (excluding diaryl/α,β-unsaturated/α-hetero) is 1. The van der Waals surface area contributed by atoms with Crippen molar-refractivity contribution in [1.29, 1.82) is 0 Å². The highest BCUT2D eigenvalue weighted by Crippen LogP contribution is 2.24. The van der Waals surface area contributed by atoms with Gasteiger partial charge >= 0.3 is 5.97 Å². The predicted molar refractivity (Wildman–Crippen MR) is 112 cm³/mol. The number of aromatic nitrogens is 2. The lowest BCUT2D eigenvalue weighted by Crippen LogP contribution is -2.25. The van der Waals surface area contributed by atoms with Gasteiger partial charge in [-0.15, -0.1) is 0 Å². The number of carbonyl (C=O) groups is 2. The number of ether oxygens (including phenoxy) is 1. The number of fused-ring (bicyclic) bond motifs is 3. The van der Waals surface area contributed by atoms with Gasteiger partial charge in [0.1, 0.15) is 5.82 Å². The fourth-order valence-corrected chi connectivity index (χ4v) is 4.45. The molecule has 6 heteroatoms. The first-order valence-corrected chi connectivity index (χ1v) is 10.4. The first-order valence-electron chi connectivity index (χ1n) is 10.4. The molecule has 0 spiro atoms. The third kappa shape index (κ3) is 3.12. The van der Waals surface area contributed by atoms with Crippen molar-refractivity contribution in [2.45, 2.75) is 51.7 Å². The zero-order chi connectivity index (χ0) is 20.8. The molecule has 1 aliphatic carbocycles. The van der Waals surface area contributed by atoms with Gasteiger partial charge in [-0.2, -0.15) is 0 Å². The Bertz CT molecular complexity index is 1260. The normalized spacial score (nSPS) is 15.6. The maximum absolute atomic E-state index is 12.8. The molecule has 0 fully saturated rings. The van der Waals surface area contributed by atoms with Crippen LogP contribution >= 0.6 is 0 Å². The summed E-state index contributed by atoms with van der Waals surface area (Å²) in [6.45, 7) is 2.27. The Hall–Kier alpha value is -3.28. The Morgan fingerprint density at radius 3 is 2.67 bits per heavy atom. The lowest BCUT2D eigenvalue weighted by Gasteiger charge is -2.13. The summed E-state index contributed by atoms with van der Waals surface area (Å²) in [5.74, 6) is -0.0625. The average molecular weight is 402 g/mol. The molecule has 2 heterocycles. The Morgan fingerprint density at radius 2 is 1.80 bits per heavy atom. The third-order valence-corrected chi connectivity index (χ3v) is 6.09. The van der Waals surface area contributed by atoms with Crippen molar-refractivity contribution in [2.75, 3.05) is 0 Å². The van der Waals surface area contributed by atoms with E-state index in [1.165, 1.54) is 11.1 Å². The minimum atomic E-state index is -0.897. The van der Waals surface area contributed by atoms with Crippen LogP contribution in [-0.4, -0.2) is 27.4 Å². The number of aryl methyl sites for hydroxylation is 3. The molecule has 0 unspecified atom stereocenters. The smallest absolute Gasteiger partial charge is 0.338 e. The molecule has 5 rings (SSSR count). The van der Waals surface area contributed by atoms with E-state index in [0.717, 1.165) is 37.9 Å².